The van der Waals surface area contributed by atoms with E-state index in [1.165, 1.54) is 11.3 Å². The van der Waals surface area contributed by atoms with Crippen LogP contribution in [0, 0.1) is 0 Å². The zero-order chi connectivity index (χ0) is 17.6. The molecule has 8 heteroatoms. The average molecular weight is 342 g/mol. The smallest absolute Gasteiger partial charge is 0.253 e. The first-order valence-corrected chi connectivity index (χ1v) is 7.83. The first-order valence-electron chi connectivity index (χ1n) is 7.83. The average Bonchev–Trinajstić information content (AvgIpc) is 2.64. The number of hydrogen-bond acceptors (Lipinski definition) is 6. The minimum Gasteiger partial charge on any atom is -0.439 e. The molecule has 0 aliphatic carbocycles. The lowest BCUT2D eigenvalue weighted by Gasteiger charge is -2.31. The molecule has 1 aromatic heterocycles. The molecule has 2 heterocycles. The first kappa shape index (κ1) is 16.9. The van der Waals surface area contributed by atoms with E-state index in [4.69, 9.17) is 4.74 Å². The van der Waals surface area contributed by atoms with Gasteiger partial charge in [-0.3, -0.25) is 9.59 Å². The van der Waals surface area contributed by atoms with Crippen LogP contribution in [-0.4, -0.2) is 58.7 Å². The molecule has 2 aromatic rings. The Bertz CT molecular complexity index is 725. The number of ether oxygens (including phenoxy) is 1. The summed E-state index contributed by atoms with van der Waals surface area (Å²) in [5, 5.41) is 13.1. The largest absolute Gasteiger partial charge is 0.439 e. The molecule has 0 radical (unpaired) electrons. The quantitative estimate of drug-likeness (QED) is 0.801. The Morgan fingerprint density at radius 3 is 2.44 bits per heavy atom. The maximum Gasteiger partial charge on any atom is 0.253 e. The fourth-order valence-electron chi connectivity index (χ4n) is 2.46. The number of nitrogens with one attached hydrogen (secondary N) is 1. The Balaban J connectivity index is 1.61. The second kappa shape index (κ2) is 7.73. The molecule has 1 saturated heterocycles. The Hall–Kier alpha value is -2.97. The number of hydroxylamine groups is 2. The van der Waals surface area contributed by atoms with Gasteiger partial charge in [0.05, 0.1) is 11.9 Å². The van der Waals surface area contributed by atoms with Crippen molar-refractivity contribution in [2.45, 2.75) is 0 Å². The maximum absolute atomic E-state index is 12.4. The van der Waals surface area contributed by atoms with E-state index in [9.17, 15) is 14.8 Å². The van der Waals surface area contributed by atoms with Gasteiger partial charge in [0.2, 0.25) is 12.3 Å². The number of amides is 2. The Labute approximate surface area is 144 Å². The van der Waals surface area contributed by atoms with Crippen molar-refractivity contribution in [3.05, 3.63) is 48.2 Å². The van der Waals surface area contributed by atoms with Crippen LogP contribution in [0.2, 0.25) is 0 Å². The van der Waals surface area contributed by atoms with Crippen molar-refractivity contribution in [2.24, 2.45) is 0 Å². The van der Waals surface area contributed by atoms with Crippen LogP contribution in [0.3, 0.4) is 0 Å². The van der Waals surface area contributed by atoms with E-state index in [2.05, 4.69) is 10.3 Å². The molecule has 130 valence electrons. The van der Waals surface area contributed by atoms with E-state index >= 15 is 0 Å². The summed E-state index contributed by atoms with van der Waals surface area (Å²) in [5.74, 6) is 0.872. The van der Waals surface area contributed by atoms with Crippen molar-refractivity contribution in [2.75, 3.05) is 31.5 Å². The number of nitrogens with zero attached hydrogens (tertiary/aromatic N) is 3. The molecule has 0 unspecified atom stereocenters. The molecule has 8 nitrogen and oxygen atoms in total. The van der Waals surface area contributed by atoms with Crippen molar-refractivity contribution in [3.8, 4) is 11.6 Å². The molecule has 1 aliphatic rings. The zero-order valence-corrected chi connectivity index (χ0v) is 13.5. The molecule has 2 N–H and O–H groups in total. The molecule has 0 bridgehead atoms. The normalized spacial score (nSPS) is 14.8. The van der Waals surface area contributed by atoms with Gasteiger partial charge in [-0.2, -0.15) is 5.06 Å². The number of carbonyl (C=O) groups excluding carboxylic acids is 2. The molecule has 0 atom stereocenters. The van der Waals surface area contributed by atoms with Crippen LogP contribution in [0.15, 0.2) is 42.6 Å². The van der Waals surface area contributed by atoms with Gasteiger partial charge in [0.1, 0.15) is 5.75 Å². The lowest BCUT2D eigenvalue weighted by Crippen LogP contribution is -2.47. The third kappa shape index (κ3) is 4.31. The van der Waals surface area contributed by atoms with Crippen molar-refractivity contribution < 1.29 is 19.5 Å². The summed E-state index contributed by atoms with van der Waals surface area (Å²) >= 11 is 0. The SMILES string of the molecule is O=CNc1ccc(Oc2ccc(C(=O)N3CCN(O)CC3)cc2)nc1. The van der Waals surface area contributed by atoms with E-state index in [0.717, 1.165) is 0 Å². The molecule has 1 aliphatic heterocycles. The molecule has 1 fully saturated rings. The third-order valence-electron chi connectivity index (χ3n) is 3.83. The van der Waals surface area contributed by atoms with E-state index in [1.807, 2.05) is 0 Å². The monoisotopic (exact) mass is 342 g/mol. The van der Waals surface area contributed by atoms with E-state index in [1.54, 1.807) is 41.3 Å². The standard InChI is InChI=1S/C17H18N4O4/c22-12-19-14-3-6-16(18-11-14)25-15-4-1-13(2-5-15)17(23)20-7-9-21(24)10-8-20/h1-6,11-12,24H,7-10H2,(H,19,22). The summed E-state index contributed by atoms with van der Waals surface area (Å²) < 4.78 is 5.61. The highest BCUT2D eigenvalue weighted by Crippen LogP contribution is 2.21. The lowest BCUT2D eigenvalue weighted by atomic mass is 10.2. The zero-order valence-electron chi connectivity index (χ0n) is 13.5. The van der Waals surface area contributed by atoms with E-state index in [0.29, 0.717) is 55.5 Å². The maximum atomic E-state index is 12.4. The predicted molar refractivity (Wildman–Crippen MR) is 89.7 cm³/mol. The number of benzene rings is 1. The lowest BCUT2D eigenvalue weighted by molar-refractivity contribution is -0.112. The van der Waals surface area contributed by atoms with Crippen molar-refractivity contribution in [1.82, 2.24) is 14.9 Å². The van der Waals surface area contributed by atoms with Crippen LogP contribution < -0.4 is 10.1 Å². The summed E-state index contributed by atoms with van der Waals surface area (Å²) in [6.45, 7) is 1.90. The second-order valence-electron chi connectivity index (χ2n) is 5.52. The fraction of sp³-hybridized carbons (Fsp3) is 0.235. The summed E-state index contributed by atoms with van der Waals surface area (Å²) in [6, 6.07) is 10.1. The summed E-state index contributed by atoms with van der Waals surface area (Å²) in [5.41, 5.74) is 1.14. The number of rotatable bonds is 5. The Morgan fingerprint density at radius 1 is 1.12 bits per heavy atom. The van der Waals surface area contributed by atoms with E-state index < -0.39 is 0 Å². The van der Waals surface area contributed by atoms with Crippen LogP contribution in [0.4, 0.5) is 5.69 Å². The van der Waals surface area contributed by atoms with Crippen LogP contribution in [0.25, 0.3) is 0 Å². The van der Waals surface area contributed by atoms with Gasteiger partial charge in [0.15, 0.2) is 0 Å². The summed E-state index contributed by atoms with van der Waals surface area (Å²) in [6.07, 6.45) is 2.07. The number of anilines is 1. The van der Waals surface area contributed by atoms with Crippen LogP contribution >= 0.6 is 0 Å². The second-order valence-corrected chi connectivity index (χ2v) is 5.52. The Kier molecular flexibility index (Phi) is 5.22. The van der Waals surface area contributed by atoms with Crippen LogP contribution in [0.5, 0.6) is 11.6 Å². The summed E-state index contributed by atoms with van der Waals surface area (Å²) in [7, 11) is 0. The topological polar surface area (TPSA) is 95.0 Å². The molecule has 25 heavy (non-hydrogen) atoms. The van der Waals surface area contributed by atoms with Crippen molar-refractivity contribution in [3.63, 3.8) is 0 Å². The molecule has 0 saturated carbocycles. The minimum atomic E-state index is -0.0675. The third-order valence-corrected chi connectivity index (χ3v) is 3.83. The van der Waals surface area contributed by atoms with Gasteiger partial charge in [-0.25, -0.2) is 4.98 Å². The molecular formula is C17H18N4O4. The van der Waals surface area contributed by atoms with Crippen molar-refractivity contribution >= 4 is 18.0 Å². The first-order chi connectivity index (χ1) is 12.2. The number of aromatic nitrogens is 1. The molecule has 2 amide bonds. The van der Waals surface area contributed by atoms with Crippen LogP contribution in [0.1, 0.15) is 10.4 Å². The summed E-state index contributed by atoms with van der Waals surface area (Å²) in [4.78, 5) is 28.6. The number of hydrogen-bond donors (Lipinski definition) is 2. The molecule has 3 rings (SSSR count). The van der Waals surface area contributed by atoms with Gasteiger partial charge in [-0.05, 0) is 30.3 Å². The fourth-order valence-corrected chi connectivity index (χ4v) is 2.46. The van der Waals surface area contributed by atoms with Gasteiger partial charge in [0, 0.05) is 37.8 Å². The highest BCUT2D eigenvalue weighted by atomic mass is 16.5. The van der Waals surface area contributed by atoms with Gasteiger partial charge in [-0.15, -0.1) is 0 Å². The van der Waals surface area contributed by atoms with Gasteiger partial charge >= 0.3 is 0 Å². The molecule has 0 spiro atoms. The molecular weight excluding hydrogens is 324 g/mol. The highest BCUT2D eigenvalue weighted by Gasteiger charge is 2.21. The minimum absolute atomic E-state index is 0.0675. The highest BCUT2D eigenvalue weighted by molar-refractivity contribution is 5.94. The van der Waals surface area contributed by atoms with Gasteiger partial charge in [0.25, 0.3) is 5.91 Å². The van der Waals surface area contributed by atoms with Crippen molar-refractivity contribution in [1.29, 1.82) is 0 Å². The van der Waals surface area contributed by atoms with Crippen LogP contribution in [-0.2, 0) is 4.79 Å². The number of pyridine rings is 1. The number of piperazine rings is 1. The Morgan fingerprint density at radius 2 is 1.84 bits per heavy atom. The van der Waals surface area contributed by atoms with Gasteiger partial charge in [-0.1, -0.05) is 0 Å². The molecule has 1 aromatic carbocycles. The number of carbonyl (C=O) groups is 2. The predicted octanol–water partition coefficient (Wildman–Crippen LogP) is 1.59. The van der Waals surface area contributed by atoms with Gasteiger partial charge < -0.3 is 20.2 Å². The van der Waals surface area contributed by atoms with E-state index in [-0.39, 0.29) is 5.91 Å².